The minimum Gasteiger partial charge on any atom is -0.493 e. The molecule has 0 spiro atoms. The first-order valence-corrected chi connectivity index (χ1v) is 11.7. The molecular formula is C26H26ClN5O2. The summed E-state index contributed by atoms with van der Waals surface area (Å²) in [5, 5.41) is 10.3. The topological polar surface area (TPSA) is 91.1 Å². The fraction of sp³-hybridized carbons (Fsp3) is 0.308. The smallest absolute Gasteiger partial charge is 0.255 e. The number of methoxy groups -OCH3 is 1. The highest BCUT2D eigenvalue weighted by Gasteiger charge is 2.29. The van der Waals surface area contributed by atoms with Gasteiger partial charge in [-0.15, -0.1) is 0 Å². The number of amides is 1. The number of H-pyrrole nitrogens is 1. The Bertz CT molecular complexity index is 1310. The van der Waals surface area contributed by atoms with Crippen LogP contribution in [-0.4, -0.2) is 41.6 Å². The number of halogens is 1. The maximum absolute atomic E-state index is 12.9. The SMILES string of the molecule is COc1c(Cl)cccc1Nc1c(-c2ccncc2C#C[C@@]2(C)CCCN2)[nH]c2c1C(=O)NCC2. The van der Waals surface area contributed by atoms with Crippen LogP contribution in [0.25, 0.3) is 11.3 Å². The average Bonchev–Trinajstić information content (AvgIpc) is 3.43. The molecule has 0 radical (unpaired) electrons. The molecule has 2 aliphatic rings. The number of aromatic nitrogens is 2. The molecule has 0 unspecified atom stereocenters. The Hall–Kier alpha value is -3.47. The first-order valence-electron chi connectivity index (χ1n) is 11.3. The van der Waals surface area contributed by atoms with Crippen molar-refractivity contribution in [3.05, 3.63) is 58.5 Å². The first kappa shape index (κ1) is 22.3. The predicted molar refractivity (Wildman–Crippen MR) is 134 cm³/mol. The van der Waals surface area contributed by atoms with Gasteiger partial charge in [-0.25, -0.2) is 0 Å². The standard InChI is InChI=1S/C26H26ClN5O2/c1-26(10-4-12-30-26)11-7-16-15-28-13-8-17(16)22-23(21-19(31-22)9-14-29-25(21)33)32-20-6-3-5-18(27)24(20)34-2/h3,5-6,8,13,15,30-32H,4,9-10,12,14H2,1-2H3,(H,29,33)/t26-/m1/s1. The molecule has 4 N–H and O–H groups in total. The molecule has 1 fully saturated rings. The average molecular weight is 476 g/mol. The number of benzene rings is 1. The fourth-order valence-corrected chi connectivity index (χ4v) is 4.83. The zero-order valence-electron chi connectivity index (χ0n) is 19.1. The summed E-state index contributed by atoms with van der Waals surface area (Å²) in [6, 6.07) is 7.39. The molecule has 2 aromatic heterocycles. The van der Waals surface area contributed by atoms with Gasteiger partial charge in [0.15, 0.2) is 5.75 Å². The normalized spacial score (nSPS) is 19.1. The van der Waals surface area contributed by atoms with Gasteiger partial charge in [-0.3, -0.25) is 9.78 Å². The van der Waals surface area contributed by atoms with E-state index in [0.29, 0.717) is 40.7 Å². The van der Waals surface area contributed by atoms with Crippen LogP contribution in [0.3, 0.4) is 0 Å². The lowest BCUT2D eigenvalue weighted by atomic mass is 9.99. The number of carbonyl (C=O) groups excluding carboxylic acids is 1. The minimum absolute atomic E-state index is 0.128. The molecule has 8 heteroatoms. The zero-order chi connectivity index (χ0) is 23.7. The second kappa shape index (κ2) is 9.05. The number of anilines is 2. The number of nitrogens with one attached hydrogen (secondary N) is 4. The second-order valence-corrected chi connectivity index (χ2v) is 9.12. The van der Waals surface area contributed by atoms with Crippen molar-refractivity contribution in [3.8, 4) is 28.8 Å². The van der Waals surface area contributed by atoms with Gasteiger partial charge >= 0.3 is 0 Å². The Morgan fingerprint density at radius 3 is 2.94 bits per heavy atom. The van der Waals surface area contributed by atoms with Crippen LogP contribution >= 0.6 is 11.6 Å². The summed E-state index contributed by atoms with van der Waals surface area (Å²) in [6.45, 7) is 3.68. The number of carbonyl (C=O) groups is 1. The van der Waals surface area contributed by atoms with E-state index in [1.165, 1.54) is 0 Å². The lowest BCUT2D eigenvalue weighted by Gasteiger charge is -2.17. The first-order chi connectivity index (χ1) is 16.5. The number of rotatable bonds is 4. The summed E-state index contributed by atoms with van der Waals surface area (Å²) in [4.78, 5) is 20.7. The molecule has 1 aromatic carbocycles. The number of hydrogen-bond acceptors (Lipinski definition) is 5. The van der Waals surface area contributed by atoms with E-state index in [-0.39, 0.29) is 11.4 Å². The summed E-state index contributed by atoms with van der Waals surface area (Å²) in [5.74, 6) is 7.12. The van der Waals surface area contributed by atoms with Gasteiger partial charge in [0.2, 0.25) is 0 Å². The Morgan fingerprint density at radius 2 is 2.15 bits per heavy atom. The summed E-state index contributed by atoms with van der Waals surface area (Å²) < 4.78 is 5.53. The lowest BCUT2D eigenvalue weighted by molar-refractivity contribution is 0.0947. The third kappa shape index (κ3) is 4.11. The molecule has 0 saturated carbocycles. The predicted octanol–water partition coefficient (Wildman–Crippen LogP) is 4.26. The van der Waals surface area contributed by atoms with Crippen LogP contribution in [-0.2, 0) is 6.42 Å². The largest absolute Gasteiger partial charge is 0.493 e. The fourth-order valence-electron chi connectivity index (χ4n) is 4.57. The third-order valence-electron chi connectivity index (χ3n) is 6.33. The molecule has 7 nitrogen and oxygen atoms in total. The van der Waals surface area contributed by atoms with E-state index in [9.17, 15) is 4.79 Å². The molecule has 34 heavy (non-hydrogen) atoms. The van der Waals surface area contributed by atoms with Crippen LogP contribution in [0.5, 0.6) is 5.75 Å². The number of hydrogen-bond donors (Lipinski definition) is 4. The number of aromatic amines is 1. The van der Waals surface area contributed by atoms with Gasteiger partial charge in [0.25, 0.3) is 5.91 Å². The van der Waals surface area contributed by atoms with Gasteiger partial charge in [-0.05, 0) is 44.5 Å². The summed E-state index contributed by atoms with van der Waals surface area (Å²) in [6.07, 6.45) is 6.33. The van der Waals surface area contributed by atoms with E-state index in [1.54, 1.807) is 25.6 Å². The van der Waals surface area contributed by atoms with Crippen LogP contribution in [0.15, 0.2) is 36.7 Å². The van der Waals surface area contributed by atoms with Crippen LogP contribution in [0.2, 0.25) is 5.02 Å². The van der Waals surface area contributed by atoms with Gasteiger partial charge in [-0.2, -0.15) is 0 Å². The molecule has 0 aliphatic carbocycles. The van der Waals surface area contributed by atoms with Crippen molar-refractivity contribution in [2.75, 3.05) is 25.5 Å². The molecule has 1 amide bonds. The van der Waals surface area contributed by atoms with Gasteiger partial charge < -0.3 is 25.7 Å². The quantitative estimate of drug-likeness (QED) is 0.423. The number of nitrogens with zero attached hydrogens (tertiary/aromatic N) is 1. The monoisotopic (exact) mass is 475 g/mol. The Kier molecular flexibility index (Phi) is 5.94. The van der Waals surface area contributed by atoms with Crippen molar-refractivity contribution in [1.29, 1.82) is 0 Å². The van der Waals surface area contributed by atoms with Crippen LogP contribution in [0.4, 0.5) is 11.4 Å². The summed E-state index contributed by atoms with van der Waals surface area (Å²) in [5.41, 5.74) is 5.02. The van der Waals surface area contributed by atoms with E-state index >= 15 is 0 Å². The molecule has 1 atom stereocenters. The van der Waals surface area contributed by atoms with Gasteiger partial charge in [0, 0.05) is 36.6 Å². The van der Waals surface area contributed by atoms with Crippen LogP contribution in [0.1, 0.15) is 41.4 Å². The highest BCUT2D eigenvalue weighted by atomic mass is 35.5. The summed E-state index contributed by atoms with van der Waals surface area (Å²) in [7, 11) is 1.57. The summed E-state index contributed by atoms with van der Waals surface area (Å²) >= 11 is 6.36. The Morgan fingerprint density at radius 1 is 1.26 bits per heavy atom. The van der Waals surface area contributed by atoms with Crippen molar-refractivity contribution in [2.45, 2.75) is 31.7 Å². The van der Waals surface area contributed by atoms with Crippen molar-refractivity contribution < 1.29 is 9.53 Å². The van der Waals surface area contributed by atoms with E-state index in [1.807, 2.05) is 18.2 Å². The van der Waals surface area contributed by atoms with Crippen LogP contribution < -0.4 is 20.7 Å². The molecule has 0 bridgehead atoms. The molecular weight excluding hydrogens is 450 g/mol. The number of pyridine rings is 1. The highest BCUT2D eigenvalue weighted by molar-refractivity contribution is 6.32. The van der Waals surface area contributed by atoms with E-state index in [2.05, 4.69) is 44.7 Å². The third-order valence-corrected chi connectivity index (χ3v) is 6.63. The van der Waals surface area contributed by atoms with E-state index in [4.69, 9.17) is 16.3 Å². The molecule has 4 heterocycles. The van der Waals surface area contributed by atoms with E-state index < -0.39 is 0 Å². The number of para-hydroxylation sites is 1. The second-order valence-electron chi connectivity index (χ2n) is 8.71. The van der Waals surface area contributed by atoms with Crippen molar-refractivity contribution in [1.82, 2.24) is 20.6 Å². The number of fused-ring (bicyclic) bond motifs is 1. The molecule has 3 aromatic rings. The molecule has 5 rings (SSSR count). The van der Waals surface area contributed by atoms with E-state index in [0.717, 1.165) is 41.9 Å². The van der Waals surface area contributed by atoms with Crippen molar-refractivity contribution in [2.24, 2.45) is 0 Å². The van der Waals surface area contributed by atoms with Crippen LogP contribution in [0, 0.1) is 11.8 Å². The van der Waals surface area contributed by atoms with Gasteiger partial charge in [0.1, 0.15) is 0 Å². The molecule has 2 aliphatic heterocycles. The molecule has 174 valence electrons. The maximum Gasteiger partial charge on any atom is 0.255 e. The van der Waals surface area contributed by atoms with Gasteiger partial charge in [-0.1, -0.05) is 29.5 Å². The maximum atomic E-state index is 12.9. The Labute approximate surface area is 203 Å². The highest BCUT2D eigenvalue weighted by Crippen LogP contribution is 2.41. The lowest BCUT2D eigenvalue weighted by Crippen LogP contribution is -2.34. The van der Waals surface area contributed by atoms with Crippen molar-refractivity contribution in [3.63, 3.8) is 0 Å². The van der Waals surface area contributed by atoms with Gasteiger partial charge in [0.05, 0.1) is 45.9 Å². The zero-order valence-corrected chi connectivity index (χ0v) is 19.9. The van der Waals surface area contributed by atoms with Crippen molar-refractivity contribution >= 4 is 28.9 Å². The minimum atomic E-state index is -0.211. The molecule has 1 saturated heterocycles. The number of ether oxygens (including phenoxy) is 1. The Balaban J connectivity index is 1.65.